The summed E-state index contributed by atoms with van der Waals surface area (Å²) < 4.78 is 13.1. The molecule has 0 spiro atoms. The van der Waals surface area contributed by atoms with Crippen molar-refractivity contribution in [3.63, 3.8) is 0 Å². The Kier molecular flexibility index (Phi) is 3.85. The fourth-order valence-corrected chi connectivity index (χ4v) is 1.24. The summed E-state index contributed by atoms with van der Waals surface area (Å²) in [4.78, 5) is 15.4. The van der Waals surface area contributed by atoms with Gasteiger partial charge in [0.1, 0.15) is 5.82 Å². The summed E-state index contributed by atoms with van der Waals surface area (Å²) in [5.74, 6) is -0.941. The number of hydrogen-bond donors (Lipinski definition) is 1. The highest BCUT2D eigenvalue weighted by molar-refractivity contribution is 6.31. The van der Waals surface area contributed by atoms with Crippen LogP contribution in [0.1, 0.15) is 5.56 Å². The largest absolute Gasteiger partial charge is 0.277 e. The van der Waals surface area contributed by atoms with Crippen LogP contribution in [-0.2, 0) is 16.1 Å². The van der Waals surface area contributed by atoms with Crippen LogP contribution in [0.15, 0.2) is 18.2 Å². The lowest BCUT2D eigenvalue weighted by molar-refractivity contribution is -0.130. The SMILES string of the molecule is CONC(=O)Cc1c(F)cccc1Cl. The van der Waals surface area contributed by atoms with Gasteiger partial charge in [-0.1, -0.05) is 17.7 Å². The first-order valence-electron chi connectivity index (χ1n) is 3.90. The number of benzene rings is 1. The zero-order valence-electron chi connectivity index (χ0n) is 7.51. The Bertz CT molecular complexity index is 323. The van der Waals surface area contributed by atoms with Gasteiger partial charge >= 0.3 is 0 Å². The summed E-state index contributed by atoms with van der Waals surface area (Å²) >= 11 is 5.71. The molecular weight excluding hydrogens is 209 g/mol. The molecule has 5 heteroatoms. The first kappa shape index (κ1) is 10.9. The summed E-state index contributed by atoms with van der Waals surface area (Å²) in [7, 11) is 1.31. The molecular formula is C9H9ClFNO2. The van der Waals surface area contributed by atoms with Crippen molar-refractivity contribution >= 4 is 17.5 Å². The summed E-state index contributed by atoms with van der Waals surface area (Å²) in [6.45, 7) is 0. The maximum atomic E-state index is 13.1. The molecule has 0 bridgehead atoms. The predicted octanol–water partition coefficient (Wildman–Crippen LogP) is 1.70. The Hall–Kier alpha value is -1.13. The van der Waals surface area contributed by atoms with Gasteiger partial charge in [-0.2, -0.15) is 0 Å². The lowest BCUT2D eigenvalue weighted by Gasteiger charge is -2.05. The van der Waals surface area contributed by atoms with Crippen molar-refractivity contribution in [1.82, 2.24) is 5.48 Å². The molecule has 3 nitrogen and oxygen atoms in total. The normalized spacial score (nSPS) is 9.93. The quantitative estimate of drug-likeness (QED) is 0.783. The van der Waals surface area contributed by atoms with Crippen LogP contribution in [0.4, 0.5) is 4.39 Å². The second-order valence-corrected chi connectivity index (χ2v) is 3.01. The van der Waals surface area contributed by atoms with Crippen molar-refractivity contribution in [3.05, 3.63) is 34.6 Å². The van der Waals surface area contributed by atoms with E-state index in [-0.39, 0.29) is 17.0 Å². The summed E-state index contributed by atoms with van der Waals surface area (Å²) in [5.41, 5.74) is 2.25. The fraction of sp³-hybridized carbons (Fsp3) is 0.222. The Balaban J connectivity index is 2.80. The lowest BCUT2D eigenvalue weighted by Crippen LogP contribution is -2.24. The topological polar surface area (TPSA) is 38.3 Å². The zero-order chi connectivity index (χ0) is 10.6. The Morgan fingerprint density at radius 1 is 1.64 bits per heavy atom. The minimum atomic E-state index is -0.497. The number of carbonyl (C=O) groups excluding carboxylic acids is 1. The summed E-state index contributed by atoms with van der Waals surface area (Å²) in [5, 5.41) is 0.233. The molecule has 0 unspecified atom stereocenters. The minimum Gasteiger partial charge on any atom is -0.277 e. The summed E-state index contributed by atoms with van der Waals surface area (Å²) in [6, 6.07) is 4.26. The van der Waals surface area contributed by atoms with Gasteiger partial charge in [-0.3, -0.25) is 9.63 Å². The smallest absolute Gasteiger partial charge is 0.248 e. The van der Waals surface area contributed by atoms with Crippen molar-refractivity contribution in [2.45, 2.75) is 6.42 Å². The number of halogens is 2. The molecule has 0 aliphatic carbocycles. The van der Waals surface area contributed by atoms with Crippen molar-refractivity contribution < 1.29 is 14.0 Å². The number of rotatable bonds is 3. The molecule has 76 valence electrons. The Morgan fingerprint density at radius 2 is 2.36 bits per heavy atom. The van der Waals surface area contributed by atoms with E-state index in [1.54, 1.807) is 0 Å². The van der Waals surface area contributed by atoms with E-state index >= 15 is 0 Å². The second-order valence-electron chi connectivity index (χ2n) is 2.61. The Morgan fingerprint density at radius 3 is 2.93 bits per heavy atom. The highest BCUT2D eigenvalue weighted by atomic mass is 35.5. The van der Waals surface area contributed by atoms with Gasteiger partial charge in [0.25, 0.3) is 0 Å². The number of carbonyl (C=O) groups is 1. The molecule has 0 saturated heterocycles. The van der Waals surface area contributed by atoms with Crippen molar-refractivity contribution in [1.29, 1.82) is 0 Å². The molecule has 1 rings (SSSR count). The molecule has 0 aliphatic heterocycles. The van der Waals surface area contributed by atoms with Gasteiger partial charge in [-0.25, -0.2) is 9.87 Å². The van der Waals surface area contributed by atoms with Gasteiger partial charge in [-0.05, 0) is 12.1 Å². The molecule has 0 radical (unpaired) electrons. The van der Waals surface area contributed by atoms with Crippen LogP contribution >= 0.6 is 11.6 Å². The van der Waals surface area contributed by atoms with Gasteiger partial charge in [-0.15, -0.1) is 0 Å². The third kappa shape index (κ3) is 2.68. The zero-order valence-corrected chi connectivity index (χ0v) is 8.27. The molecule has 0 aliphatic rings. The molecule has 0 aromatic heterocycles. The highest BCUT2D eigenvalue weighted by Crippen LogP contribution is 2.19. The van der Waals surface area contributed by atoms with E-state index in [4.69, 9.17) is 11.6 Å². The van der Waals surface area contributed by atoms with Gasteiger partial charge in [0.05, 0.1) is 13.5 Å². The van der Waals surface area contributed by atoms with E-state index in [0.717, 1.165) is 0 Å². The maximum absolute atomic E-state index is 13.1. The van der Waals surface area contributed by atoms with E-state index in [0.29, 0.717) is 0 Å². The van der Waals surface area contributed by atoms with Gasteiger partial charge < -0.3 is 0 Å². The van der Waals surface area contributed by atoms with Crippen LogP contribution in [0.25, 0.3) is 0 Å². The molecule has 1 aromatic carbocycles. The average molecular weight is 218 g/mol. The van der Waals surface area contributed by atoms with Crippen molar-refractivity contribution in [2.24, 2.45) is 0 Å². The fourth-order valence-electron chi connectivity index (χ4n) is 1.01. The molecule has 0 heterocycles. The van der Waals surface area contributed by atoms with Crippen molar-refractivity contribution in [2.75, 3.05) is 7.11 Å². The van der Waals surface area contributed by atoms with Gasteiger partial charge in [0.15, 0.2) is 0 Å². The van der Waals surface area contributed by atoms with Crippen LogP contribution in [-0.4, -0.2) is 13.0 Å². The number of amides is 1. The highest BCUT2D eigenvalue weighted by Gasteiger charge is 2.11. The van der Waals surface area contributed by atoms with Crippen LogP contribution in [0.5, 0.6) is 0 Å². The average Bonchev–Trinajstić information content (AvgIpc) is 2.12. The summed E-state index contributed by atoms with van der Waals surface area (Å²) in [6.07, 6.45) is -0.140. The van der Waals surface area contributed by atoms with E-state index in [9.17, 15) is 9.18 Å². The number of nitrogens with one attached hydrogen (secondary N) is 1. The molecule has 0 saturated carbocycles. The molecule has 1 N–H and O–H groups in total. The monoisotopic (exact) mass is 217 g/mol. The predicted molar refractivity (Wildman–Crippen MR) is 50.3 cm³/mol. The molecule has 0 atom stereocenters. The molecule has 14 heavy (non-hydrogen) atoms. The molecule has 1 aromatic rings. The lowest BCUT2D eigenvalue weighted by atomic mass is 10.1. The Labute approximate surface area is 85.8 Å². The number of hydroxylamine groups is 1. The molecule has 0 fully saturated rings. The van der Waals surface area contributed by atoms with E-state index in [1.807, 2.05) is 0 Å². The van der Waals surface area contributed by atoms with Gasteiger partial charge in [0.2, 0.25) is 5.91 Å². The van der Waals surface area contributed by atoms with Crippen molar-refractivity contribution in [3.8, 4) is 0 Å². The van der Waals surface area contributed by atoms with E-state index in [2.05, 4.69) is 10.3 Å². The third-order valence-corrected chi connectivity index (χ3v) is 1.97. The third-order valence-electron chi connectivity index (χ3n) is 1.61. The van der Waals surface area contributed by atoms with E-state index < -0.39 is 11.7 Å². The first-order chi connectivity index (χ1) is 6.65. The maximum Gasteiger partial charge on any atom is 0.248 e. The van der Waals surface area contributed by atoms with Crippen LogP contribution in [0, 0.1) is 5.82 Å². The number of hydrogen-bond acceptors (Lipinski definition) is 2. The minimum absolute atomic E-state index is 0.140. The molecule has 1 amide bonds. The second kappa shape index (κ2) is 4.93. The first-order valence-corrected chi connectivity index (χ1v) is 4.27. The van der Waals surface area contributed by atoms with E-state index in [1.165, 1.54) is 25.3 Å². The van der Waals surface area contributed by atoms with Gasteiger partial charge in [0, 0.05) is 10.6 Å². The standard InChI is InChI=1S/C9H9ClFNO2/c1-14-12-9(13)5-6-7(10)3-2-4-8(6)11/h2-4H,5H2,1H3,(H,12,13). The van der Waals surface area contributed by atoms with Crippen LogP contribution in [0.3, 0.4) is 0 Å². The van der Waals surface area contributed by atoms with Crippen LogP contribution < -0.4 is 5.48 Å². The van der Waals surface area contributed by atoms with Crippen LogP contribution in [0.2, 0.25) is 5.02 Å².